The van der Waals surface area contributed by atoms with E-state index in [-0.39, 0.29) is 18.4 Å². The summed E-state index contributed by atoms with van der Waals surface area (Å²) in [5, 5.41) is 11.6. The van der Waals surface area contributed by atoms with Crippen LogP contribution in [0.2, 0.25) is 0 Å². The van der Waals surface area contributed by atoms with Gasteiger partial charge in [0.05, 0.1) is 12.7 Å². The number of ether oxygens (including phenoxy) is 1. The van der Waals surface area contributed by atoms with Crippen LogP contribution in [0.1, 0.15) is 38.5 Å². The van der Waals surface area contributed by atoms with Crippen molar-refractivity contribution in [2.45, 2.75) is 44.6 Å². The van der Waals surface area contributed by atoms with Gasteiger partial charge in [-0.05, 0) is 25.2 Å². The molecule has 1 saturated heterocycles. The van der Waals surface area contributed by atoms with Gasteiger partial charge >= 0.3 is 12.0 Å². The highest BCUT2D eigenvalue weighted by Gasteiger charge is 2.27. The van der Waals surface area contributed by atoms with Crippen molar-refractivity contribution < 1.29 is 19.4 Å². The summed E-state index contributed by atoms with van der Waals surface area (Å²) in [7, 11) is 0. The molecular weight excluding hydrogens is 260 g/mol. The van der Waals surface area contributed by atoms with Gasteiger partial charge in [0, 0.05) is 26.1 Å². The van der Waals surface area contributed by atoms with E-state index in [2.05, 4.69) is 5.32 Å². The van der Waals surface area contributed by atoms with Gasteiger partial charge in [-0.2, -0.15) is 0 Å². The van der Waals surface area contributed by atoms with Gasteiger partial charge in [-0.15, -0.1) is 0 Å². The maximum Gasteiger partial charge on any atom is 0.317 e. The Bertz CT molecular complexity index is 342. The van der Waals surface area contributed by atoms with Gasteiger partial charge in [-0.1, -0.05) is 12.8 Å². The van der Waals surface area contributed by atoms with Crippen LogP contribution in [0, 0.1) is 5.92 Å². The topological polar surface area (TPSA) is 78.9 Å². The van der Waals surface area contributed by atoms with Crippen LogP contribution in [0.4, 0.5) is 4.79 Å². The lowest BCUT2D eigenvalue weighted by atomic mass is 10.1. The molecule has 1 heterocycles. The summed E-state index contributed by atoms with van der Waals surface area (Å²) >= 11 is 0. The summed E-state index contributed by atoms with van der Waals surface area (Å²) in [5.74, 6) is -0.699. The van der Waals surface area contributed by atoms with Crippen LogP contribution in [0.25, 0.3) is 0 Å². The molecule has 1 aliphatic heterocycles. The quantitative estimate of drug-likeness (QED) is 0.724. The Morgan fingerprint density at radius 3 is 2.70 bits per heavy atom. The Morgan fingerprint density at radius 1 is 1.25 bits per heavy atom. The number of carboxylic acid groups (broad SMARTS) is 1. The summed E-state index contributed by atoms with van der Waals surface area (Å²) in [6.07, 6.45) is 6.06. The number of hydrogen-bond donors (Lipinski definition) is 2. The van der Waals surface area contributed by atoms with E-state index < -0.39 is 5.97 Å². The van der Waals surface area contributed by atoms with Crippen molar-refractivity contribution in [3.05, 3.63) is 0 Å². The van der Waals surface area contributed by atoms with Crippen molar-refractivity contribution >= 4 is 12.0 Å². The third kappa shape index (κ3) is 4.67. The smallest absolute Gasteiger partial charge is 0.317 e. The first-order chi connectivity index (χ1) is 9.65. The SMILES string of the molecule is O=C(O)CC1CCN(C(=O)NCCOC2CCCC2)C1. The molecule has 2 aliphatic rings. The number of nitrogens with zero attached hydrogens (tertiary/aromatic N) is 1. The number of urea groups is 1. The summed E-state index contributed by atoms with van der Waals surface area (Å²) < 4.78 is 5.68. The molecule has 1 unspecified atom stereocenters. The van der Waals surface area contributed by atoms with Crippen molar-refractivity contribution in [2.75, 3.05) is 26.2 Å². The van der Waals surface area contributed by atoms with Gasteiger partial charge in [0.15, 0.2) is 0 Å². The average molecular weight is 284 g/mol. The molecule has 2 fully saturated rings. The lowest BCUT2D eigenvalue weighted by Crippen LogP contribution is -2.40. The first-order valence-electron chi connectivity index (χ1n) is 7.51. The van der Waals surface area contributed by atoms with E-state index in [9.17, 15) is 9.59 Å². The summed E-state index contributed by atoms with van der Waals surface area (Å²) in [6.45, 7) is 2.27. The van der Waals surface area contributed by atoms with E-state index in [0.29, 0.717) is 32.3 Å². The van der Waals surface area contributed by atoms with Crippen LogP contribution in [-0.4, -0.2) is 54.4 Å². The minimum atomic E-state index is -0.790. The molecule has 0 aromatic heterocycles. The predicted octanol–water partition coefficient (Wildman–Crippen LogP) is 1.45. The molecule has 114 valence electrons. The highest BCUT2D eigenvalue weighted by molar-refractivity contribution is 5.74. The fraction of sp³-hybridized carbons (Fsp3) is 0.857. The molecule has 1 aliphatic carbocycles. The second-order valence-corrected chi connectivity index (χ2v) is 5.71. The second-order valence-electron chi connectivity index (χ2n) is 5.71. The van der Waals surface area contributed by atoms with E-state index in [1.807, 2.05) is 0 Å². The Kier molecular flexibility index (Phi) is 5.64. The Balaban J connectivity index is 1.57. The van der Waals surface area contributed by atoms with Crippen LogP contribution in [0.5, 0.6) is 0 Å². The Hall–Kier alpha value is -1.30. The molecule has 20 heavy (non-hydrogen) atoms. The third-order valence-corrected chi connectivity index (χ3v) is 4.07. The van der Waals surface area contributed by atoms with Gasteiger partial charge in [-0.3, -0.25) is 4.79 Å². The van der Waals surface area contributed by atoms with Crippen molar-refractivity contribution in [3.63, 3.8) is 0 Å². The van der Waals surface area contributed by atoms with Crippen molar-refractivity contribution in [1.29, 1.82) is 0 Å². The molecule has 0 aromatic carbocycles. The molecule has 0 radical (unpaired) electrons. The number of amides is 2. The predicted molar refractivity (Wildman–Crippen MR) is 73.5 cm³/mol. The van der Waals surface area contributed by atoms with Gasteiger partial charge in [0.25, 0.3) is 0 Å². The highest BCUT2D eigenvalue weighted by atomic mass is 16.5. The van der Waals surface area contributed by atoms with Gasteiger partial charge in [-0.25, -0.2) is 4.79 Å². The molecule has 0 aromatic rings. The summed E-state index contributed by atoms with van der Waals surface area (Å²) in [5.41, 5.74) is 0. The summed E-state index contributed by atoms with van der Waals surface area (Å²) in [6, 6.07) is -0.104. The number of carboxylic acids is 1. The fourth-order valence-corrected chi connectivity index (χ4v) is 2.98. The van der Waals surface area contributed by atoms with E-state index in [1.165, 1.54) is 12.8 Å². The fourth-order valence-electron chi connectivity index (χ4n) is 2.98. The Labute approximate surface area is 119 Å². The van der Waals surface area contributed by atoms with E-state index in [0.717, 1.165) is 19.3 Å². The van der Waals surface area contributed by atoms with E-state index in [4.69, 9.17) is 9.84 Å². The minimum absolute atomic E-state index is 0.0907. The van der Waals surface area contributed by atoms with E-state index >= 15 is 0 Å². The van der Waals surface area contributed by atoms with Crippen molar-refractivity contribution in [2.24, 2.45) is 5.92 Å². The van der Waals surface area contributed by atoms with Gasteiger partial charge in [0.1, 0.15) is 0 Å². The summed E-state index contributed by atoms with van der Waals surface area (Å²) in [4.78, 5) is 24.2. The van der Waals surface area contributed by atoms with Crippen LogP contribution in [0.3, 0.4) is 0 Å². The lowest BCUT2D eigenvalue weighted by Gasteiger charge is -2.18. The zero-order valence-corrected chi connectivity index (χ0v) is 11.8. The zero-order valence-electron chi connectivity index (χ0n) is 11.8. The third-order valence-electron chi connectivity index (χ3n) is 4.07. The number of nitrogens with one attached hydrogen (secondary N) is 1. The number of carbonyl (C=O) groups is 2. The number of rotatable bonds is 6. The van der Waals surface area contributed by atoms with Crippen LogP contribution < -0.4 is 5.32 Å². The monoisotopic (exact) mass is 284 g/mol. The van der Waals surface area contributed by atoms with E-state index in [1.54, 1.807) is 4.90 Å². The first kappa shape index (κ1) is 15.1. The van der Waals surface area contributed by atoms with Crippen LogP contribution in [-0.2, 0) is 9.53 Å². The molecule has 6 nitrogen and oxygen atoms in total. The zero-order chi connectivity index (χ0) is 14.4. The molecular formula is C14H24N2O4. The van der Waals surface area contributed by atoms with Crippen molar-refractivity contribution in [3.8, 4) is 0 Å². The molecule has 6 heteroatoms. The number of carbonyl (C=O) groups excluding carboxylic acids is 1. The van der Waals surface area contributed by atoms with Gasteiger partial charge in [0.2, 0.25) is 0 Å². The number of likely N-dealkylation sites (tertiary alicyclic amines) is 1. The molecule has 1 saturated carbocycles. The van der Waals surface area contributed by atoms with Crippen molar-refractivity contribution in [1.82, 2.24) is 10.2 Å². The molecule has 1 atom stereocenters. The molecule has 0 spiro atoms. The standard InChI is InChI=1S/C14H24N2O4/c17-13(18)9-11-5-7-16(10-11)14(19)15-6-8-20-12-3-1-2-4-12/h11-12H,1-10H2,(H,15,19)(H,17,18). The molecule has 2 rings (SSSR count). The molecule has 2 N–H and O–H groups in total. The van der Waals surface area contributed by atoms with Gasteiger partial charge < -0.3 is 20.1 Å². The minimum Gasteiger partial charge on any atom is -0.481 e. The first-order valence-corrected chi connectivity index (χ1v) is 7.51. The molecule has 0 bridgehead atoms. The highest BCUT2D eigenvalue weighted by Crippen LogP contribution is 2.21. The normalized spacial score (nSPS) is 23.2. The largest absolute Gasteiger partial charge is 0.481 e. The van der Waals surface area contributed by atoms with Crippen LogP contribution >= 0.6 is 0 Å². The Morgan fingerprint density at radius 2 is 2.00 bits per heavy atom. The maximum atomic E-state index is 11.9. The average Bonchev–Trinajstić information content (AvgIpc) is 3.04. The second kappa shape index (κ2) is 7.47. The molecule has 2 amide bonds. The van der Waals surface area contributed by atoms with Crippen LogP contribution in [0.15, 0.2) is 0 Å². The lowest BCUT2D eigenvalue weighted by molar-refractivity contribution is -0.138. The number of hydrogen-bond acceptors (Lipinski definition) is 3. The number of aliphatic carboxylic acids is 1. The maximum absolute atomic E-state index is 11.9.